The van der Waals surface area contributed by atoms with Crippen molar-refractivity contribution in [2.24, 2.45) is 0 Å². The van der Waals surface area contributed by atoms with E-state index in [0.29, 0.717) is 17.4 Å². The summed E-state index contributed by atoms with van der Waals surface area (Å²) in [6.07, 6.45) is 1.83. The quantitative estimate of drug-likeness (QED) is 0.687. The molecule has 0 atom stereocenters. The molecule has 5 heteroatoms. The summed E-state index contributed by atoms with van der Waals surface area (Å²) in [7, 11) is 3.99. The van der Waals surface area contributed by atoms with Gasteiger partial charge in [0.25, 0.3) is 5.91 Å². The normalized spacial score (nSPS) is 15.8. The van der Waals surface area contributed by atoms with Crippen molar-refractivity contribution >= 4 is 35.0 Å². The molecule has 1 heterocycles. The van der Waals surface area contributed by atoms with Gasteiger partial charge < -0.3 is 10.2 Å². The Kier molecular flexibility index (Phi) is 4.62. The molecule has 2 aromatic carbocycles. The van der Waals surface area contributed by atoms with E-state index in [4.69, 9.17) is 12.2 Å². The highest BCUT2D eigenvalue weighted by atomic mass is 32.1. The van der Waals surface area contributed by atoms with E-state index < -0.39 is 0 Å². The summed E-state index contributed by atoms with van der Waals surface area (Å²) >= 11 is 5.31. The molecule has 0 radical (unpaired) electrons. The van der Waals surface area contributed by atoms with E-state index in [1.807, 2.05) is 79.7 Å². The van der Waals surface area contributed by atoms with Gasteiger partial charge in [0.2, 0.25) is 0 Å². The second-order valence-electron chi connectivity index (χ2n) is 5.85. The predicted octanol–water partition coefficient (Wildman–Crippen LogP) is 3.01. The van der Waals surface area contributed by atoms with Crippen LogP contribution < -0.4 is 10.2 Å². The van der Waals surface area contributed by atoms with E-state index in [1.54, 1.807) is 4.90 Å². The third-order valence-electron chi connectivity index (χ3n) is 3.87. The standard InChI is InChI=1S/C19H19N3OS/c1-21(2)16-10-8-14(9-11-16)12-17-18(23)22(19(24)20-17)13-15-6-4-3-5-7-15/h3-12H,13H2,1-2H3,(H,20,24)/b17-12+. The first-order valence-electron chi connectivity index (χ1n) is 7.70. The Labute approximate surface area is 147 Å². The number of thiocarbonyl (C=S) groups is 1. The molecule has 0 unspecified atom stereocenters. The molecule has 1 fully saturated rings. The number of carbonyl (C=O) groups is 1. The van der Waals surface area contributed by atoms with Crippen molar-refractivity contribution in [3.05, 3.63) is 71.4 Å². The van der Waals surface area contributed by atoms with Crippen molar-refractivity contribution in [2.75, 3.05) is 19.0 Å². The lowest BCUT2D eigenvalue weighted by atomic mass is 10.1. The van der Waals surface area contributed by atoms with E-state index in [9.17, 15) is 4.79 Å². The first-order valence-corrected chi connectivity index (χ1v) is 8.11. The fraction of sp³-hybridized carbons (Fsp3) is 0.158. The average molecular weight is 337 g/mol. The molecule has 1 amide bonds. The third kappa shape index (κ3) is 3.46. The molecule has 1 aliphatic heterocycles. The lowest BCUT2D eigenvalue weighted by molar-refractivity contribution is -0.122. The summed E-state index contributed by atoms with van der Waals surface area (Å²) in [4.78, 5) is 16.2. The average Bonchev–Trinajstić information content (AvgIpc) is 2.84. The molecule has 122 valence electrons. The van der Waals surface area contributed by atoms with Crippen LogP contribution in [0.5, 0.6) is 0 Å². The van der Waals surface area contributed by atoms with Crippen LogP contribution in [0.25, 0.3) is 6.08 Å². The van der Waals surface area contributed by atoms with Gasteiger partial charge in [-0.25, -0.2) is 0 Å². The lowest BCUT2D eigenvalue weighted by Gasteiger charge is -2.13. The number of hydrogen-bond donors (Lipinski definition) is 1. The molecular formula is C19H19N3OS. The van der Waals surface area contributed by atoms with Crippen LogP contribution in [0.15, 0.2) is 60.3 Å². The van der Waals surface area contributed by atoms with E-state index >= 15 is 0 Å². The molecule has 2 aromatic rings. The number of benzene rings is 2. The summed E-state index contributed by atoms with van der Waals surface area (Å²) in [5.41, 5.74) is 3.63. The highest BCUT2D eigenvalue weighted by Gasteiger charge is 2.30. The summed E-state index contributed by atoms with van der Waals surface area (Å²) in [6.45, 7) is 0.475. The Morgan fingerprint density at radius 2 is 1.75 bits per heavy atom. The molecule has 1 N–H and O–H groups in total. The zero-order valence-electron chi connectivity index (χ0n) is 13.7. The molecule has 0 aliphatic carbocycles. The predicted molar refractivity (Wildman–Crippen MR) is 101 cm³/mol. The van der Waals surface area contributed by atoms with Gasteiger partial charge in [-0.2, -0.15) is 0 Å². The Balaban J connectivity index is 1.78. The maximum atomic E-state index is 12.6. The van der Waals surface area contributed by atoms with Crippen LogP contribution in [-0.2, 0) is 11.3 Å². The van der Waals surface area contributed by atoms with E-state index in [2.05, 4.69) is 5.32 Å². The highest BCUT2D eigenvalue weighted by Crippen LogP contribution is 2.19. The van der Waals surface area contributed by atoms with Crippen molar-refractivity contribution in [1.29, 1.82) is 0 Å². The van der Waals surface area contributed by atoms with Gasteiger partial charge in [0.1, 0.15) is 5.70 Å². The molecule has 0 spiro atoms. The Morgan fingerprint density at radius 3 is 2.38 bits per heavy atom. The summed E-state index contributed by atoms with van der Waals surface area (Å²) < 4.78 is 0. The van der Waals surface area contributed by atoms with Crippen LogP contribution in [0, 0.1) is 0 Å². The van der Waals surface area contributed by atoms with Crippen molar-refractivity contribution in [2.45, 2.75) is 6.54 Å². The largest absolute Gasteiger partial charge is 0.378 e. The van der Waals surface area contributed by atoms with Crippen LogP contribution in [-0.4, -0.2) is 30.0 Å². The smallest absolute Gasteiger partial charge is 0.276 e. The van der Waals surface area contributed by atoms with Crippen LogP contribution in [0.3, 0.4) is 0 Å². The van der Waals surface area contributed by atoms with E-state index in [-0.39, 0.29) is 5.91 Å². The van der Waals surface area contributed by atoms with Gasteiger partial charge >= 0.3 is 0 Å². The number of nitrogens with one attached hydrogen (secondary N) is 1. The van der Waals surface area contributed by atoms with Crippen molar-refractivity contribution in [1.82, 2.24) is 10.2 Å². The molecule has 4 nitrogen and oxygen atoms in total. The first-order chi connectivity index (χ1) is 11.5. The molecule has 3 rings (SSSR count). The molecule has 1 aliphatic rings. The maximum absolute atomic E-state index is 12.6. The van der Waals surface area contributed by atoms with E-state index in [0.717, 1.165) is 16.8 Å². The second kappa shape index (κ2) is 6.84. The molecule has 0 aromatic heterocycles. The third-order valence-corrected chi connectivity index (χ3v) is 4.19. The van der Waals surface area contributed by atoms with Gasteiger partial charge in [0, 0.05) is 19.8 Å². The zero-order valence-corrected chi connectivity index (χ0v) is 14.5. The first kappa shape index (κ1) is 16.2. The fourth-order valence-corrected chi connectivity index (χ4v) is 2.77. The number of anilines is 1. The summed E-state index contributed by atoms with van der Waals surface area (Å²) in [5.74, 6) is -0.0967. The van der Waals surface area contributed by atoms with Gasteiger partial charge in [0.15, 0.2) is 5.11 Å². The molecular weight excluding hydrogens is 318 g/mol. The molecule has 24 heavy (non-hydrogen) atoms. The molecule has 0 saturated carbocycles. The minimum Gasteiger partial charge on any atom is -0.378 e. The number of rotatable bonds is 4. The van der Waals surface area contributed by atoms with Crippen molar-refractivity contribution in [3.63, 3.8) is 0 Å². The number of carbonyl (C=O) groups excluding carboxylic acids is 1. The Bertz CT molecular complexity index is 782. The number of hydrogen-bond acceptors (Lipinski definition) is 3. The molecule has 1 saturated heterocycles. The fourth-order valence-electron chi connectivity index (χ4n) is 2.52. The highest BCUT2D eigenvalue weighted by molar-refractivity contribution is 7.80. The van der Waals surface area contributed by atoms with Crippen LogP contribution >= 0.6 is 12.2 Å². The van der Waals surface area contributed by atoms with Crippen LogP contribution in [0.1, 0.15) is 11.1 Å². The second-order valence-corrected chi connectivity index (χ2v) is 6.24. The zero-order chi connectivity index (χ0) is 17.1. The number of amides is 1. The van der Waals surface area contributed by atoms with Crippen molar-refractivity contribution < 1.29 is 4.79 Å². The summed E-state index contributed by atoms with van der Waals surface area (Å²) in [5, 5.41) is 3.46. The van der Waals surface area contributed by atoms with Gasteiger partial charge in [-0.1, -0.05) is 42.5 Å². The minimum atomic E-state index is -0.0967. The van der Waals surface area contributed by atoms with Crippen LogP contribution in [0.2, 0.25) is 0 Å². The minimum absolute atomic E-state index is 0.0967. The van der Waals surface area contributed by atoms with Gasteiger partial charge in [-0.05, 0) is 41.6 Å². The van der Waals surface area contributed by atoms with Gasteiger partial charge in [0.05, 0.1) is 6.54 Å². The van der Waals surface area contributed by atoms with Gasteiger partial charge in [-0.3, -0.25) is 9.69 Å². The van der Waals surface area contributed by atoms with Gasteiger partial charge in [-0.15, -0.1) is 0 Å². The lowest BCUT2D eigenvalue weighted by Crippen LogP contribution is -2.29. The summed E-state index contributed by atoms with van der Waals surface area (Å²) in [6, 6.07) is 17.8. The van der Waals surface area contributed by atoms with E-state index in [1.165, 1.54) is 0 Å². The SMILES string of the molecule is CN(C)c1ccc(/C=C2/NC(=S)N(Cc3ccccc3)C2=O)cc1. The van der Waals surface area contributed by atoms with Crippen LogP contribution in [0.4, 0.5) is 5.69 Å². The topological polar surface area (TPSA) is 35.6 Å². The maximum Gasteiger partial charge on any atom is 0.276 e. The molecule has 0 bridgehead atoms. The monoisotopic (exact) mass is 337 g/mol. The Morgan fingerprint density at radius 1 is 1.08 bits per heavy atom. The Hall–Kier alpha value is -2.66. The van der Waals surface area contributed by atoms with Crippen molar-refractivity contribution in [3.8, 4) is 0 Å². The number of nitrogens with zero attached hydrogens (tertiary/aromatic N) is 2.